The average molecular weight is 427 g/mol. The Labute approximate surface area is 180 Å². The van der Waals surface area contributed by atoms with Crippen LogP contribution >= 0.6 is 0 Å². The maximum atomic E-state index is 14.4. The summed E-state index contributed by atoms with van der Waals surface area (Å²) in [6.45, 7) is 5.47. The number of nitrogens with one attached hydrogen (secondary N) is 2. The summed E-state index contributed by atoms with van der Waals surface area (Å²) in [4.78, 5) is 31.7. The van der Waals surface area contributed by atoms with Gasteiger partial charge in [0.15, 0.2) is 6.10 Å². The van der Waals surface area contributed by atoms with Gasteiger partial charge in [-0.1, -0.05) is 13.0 Å². The van der Waals surface area contributed by atoms with Crippen molar-refractivity contribution in [2.24, 2.45) is 0 Å². The first-order chi connectivity index (χ1) is 15.0. The highest BCUT2D eigenvalue weighted by Gasteiger charge is 2.26. The first kappa shape index (κ1) is 21.0. The van der Waals surface area contributed by atoms with Gasteiger partial charge in [0.1, 0.15) is 11.4 Å². The molecule has 4 rings (SSSR count). The van der Waals surface area contributed by atoms with E-state index in [0.717, 1.165) is 25.2 Å². The normalized spacial score (nSPS) is 18.7. The molecule has 0 spiro atoms. The zero-order valence-electron chi connectivity index (χ0n) is 17.7. The Morgan fingerprint density at radius 3 is 2.71 bits per heavy atom. The molecule has 9 heteroatoms. The minimum atomic E-state index is -0.634. The Morgan fingerprint density at radius 1 is 1.26 bits per heavy atom. The number of fused-ring (bicyclic) bond motifs is 1. The molecule has 3 heterocycles. The smallest absolute Gasteiger partial charge is 0.269 e. The van der Waals surface area contributed by atoms with Gasteiger partial charge in [0.05, 0.1) is 11.4 Å². The van der Waals surface area contributed by atoms with Crippen LogP contribution in [0.1, 0.15) is 29.4 Å². The molecule has 2 N–H and O–H groups in total. The number of hydrogen-bond donors (Lipinski definition) is 2. The van der Waals surface area contributed by atoms with E-state index < -0.39 is 18.0 Å². The Morgan fingerprint density at radius 2 is 2.03 bits per heavy atom. The zero-order chi connectivity index (χ0) is 22.0. The third-order valence-electron chi connectivity index (χ3n) is 5.64. The third kappa shape index (κ3) is 4.46. The number of anilines is 2. The van der Waals surface area contributed by atoms with E-state index in [9.17, 15) is 14.0 Å². The number of benzene rings is 1. The van der Waals surface area contributed by atoms with Crippen LogP contribution in [0, 0.1) is 5.95 Å². The van der Waals surface area contributed by atoms with Gasteiger partial charge in [-0.15, -0.1) is 0 Å². The lowest BCUT2D eigenvalue weighted by Gasteiger charge is -2.36. The van der Waals surface area contributed by atoms with Gasteiger partial charge in [0.25, 0.3) is 11.8 Å². The molecule has 1 fully saturated rings. The fourth-order valence-electron chi connectivity index (χ4n) is 3.89. The number of pyridine rings is 1. The van der Waals surface area contributed by atoms with E-state index in [-0.39, 0.29) is 11.6 Å². The van der Waals surface area contributed by atoms with Crippen molar-refractivity contribution < 1.29 is 18.7 Å². The fraction of sp³-hybridized carbons (Fsp3) is 0.409. The molecule has 2 aliphatic heterocycles. The van der Waals surface area contributed by atoms with Crippen molar-refractivity contribution in [2.75, 3.05) is 43.4 Å². The van der Waals surface area contributed by atoms with E-state index in [1.165, 1.54) is 13.1 Å². The lowest BCUT2D eigenvalue weighted by Crippen LogP contribution is -2.46. The van der Waals surface area contributed by atoms with E-state index in [2.05, 4.69) is 20.5 Å². The number of rotatable bonds is 5. The maximum absolute atomic E-state index is 14.4. The predicted octanol–water partition coefficient (Wildman–Crippen LogP) is 2.01. The van der Waals surface area contributed by atoms with Crippen LogP contribution in [0.2, 0.25) is 0 Å². The van der Waals surface area contributed by atoms with Crippen LogP contribution in [-0.4, -0.2) is 61.0 Å². The number of halogens is 1. The minimum Gasteiger partial charge on any atom is -0.478 e. The fourth-order valence-corrected chi connectivity index (χ4v) is 3.89. The molecule has 2 aromatic rings. The standard InChI is InChI=1S/C22H26FN5O3/c1-3-18-22(30)26-16-12-14(4-7-19(16)31-18)13-27-8-10-28(11-9-27)17-6-5-15(21(29)24-2)25-20(17)23/h4-7,12,18H,3,8-11,13H2,1-2H3,(H,24,29)(H,26,30)/t18-/m0/s1. The first-order valence-corrected chi connectivity index (χ1v) is 10.4. The second-order valence-corrected chi connectivity index (χ2v) is 7.68. The summed E-state index contributed by atoms with van der Waals surface area (Å²) in [6, 6.07) is 9.01. The van der Waals surface area contributed by atoms with Gasteiger partial charge in [-0.25, -0.2) is 4.98 Å². The molecule has 1 aromatic heterocycles. The molecule has 0 saturated carbocycles. The van der Waals surface area contributed by atoms with Crippen LogP contribution < -0.4 is 20.3 Å². The molecular weight excluding hydrogens is 401 g/mol. The number of nitrogens with zero attached hydrogens (tertiary/aromatic N) is 3. The average Bonchev–Trinajstić information content (AvgIpc) is 2.78. The minimum absolute atomic E-state index is 0.0659. The summed E-state index contributed by atoms with van der Waals surface area (Å²) in [5.74, 6) is -0.459. The Kier molecular flexibility index (Phi) is 6.03. The van der Waals surface area contributed by atoms with E-state index in [0.29, 0.717) is 36.6 Å². The number of carbonyl (C=O) groups is 2. The number of aromatic nitrogens is 1. The Hall–Kier alpha value is -3.20. The Bertz CT molecular complexity index is 991. The van der Waals surface area contributed by atoms with Crippen molar-refractivity contribution >= 4 is 23.2 Å². The molecule has 8 nitrogen and oxygen atoms in total. The molecule has 0 unspecified atom stereocenters. The van der Waals surface area contributed by atoms with Gasteiger partial charge < -0.3 is 20.3 Å². The molecule has 0 bridgehead atoms. The van der Waals surface area contributed by atoms with Gasteiger partial charge in [-0.3, -0.25) is 14.5 Å². The van der Waals surface area contributed by atoms with Crippen molar-refractivity contribution in [1.82, 2.24) is 15.2 Å². The second-order valence-electron chi connectivity index (χ2n) is 7.68. The SMILES string of the molecule is CC[C@@H]1Oc2ccc(CN3CCN(c4ccc(C(=O)NC)nc4F)CC3)cc2NC1=O. The van der Waals surface area contributed by atoms with Crippen molar-refractivity contribution in [3.05, 3.63) is 47.5 Å². The van der Waals surface area contributed by atoms with Crippen molar-refractivity contribution in [3.8, 4) is 5.75 Å². The van der Waals surface area contributed by atoms with Gasteiger partial charge >= 0.3 is 0 Å². The zero-order valence-corrected chi connectivity index (χ0v) is 17.7. The van der Waals surface area contributed by atoms with E-state index in [1.807, 2.05) is 30.0 Å². The van der Waals surface area contributed by atoms with Gasteiger partial charge in [-0.2, -0.15) is 4.39 Å². The molecule has 1 aromatic carbocycles. The number of piperazine rings is 1. The third-order valence-corrected chi connectivity index (χ3v) is 5.64. The molecular formula is C22H26FN5O3. The number of amides is 2. The van der Waals surface area contributed by atoms with Crippen LogP contribution in [0.25, 0.3) is 0 Å². The van der Waals surface area contributed by atoms with Crippen LogP contribution in [-0.2, 0) is 11.3 Å². The maximum Gasteiger partial charge on any atom is 0.269 e. The van der Waals surface area contributed by atoms with Gasteiger partial charge in [0.2, 0.25) is 5.95 Å². The molecule has 2 aliphatic rings. The molecule has 0 aliphatic carbocycles. The highest BCUT2D eigenvalue weighted by Crippen LogP contribution is 2.31. The molecule has 1 saturated heterocycles. The molecule has 31 heavy (non-hydrogen) atoms. The van der Waals surface area contributed by atoms with Crippen molar-refractivity contribution in [3.63, 3.8) is 0 Å². The highest BCUT2D eigenvalue weighted by atomic mass is 19.1. The molecule has 1 atom stereocenters. The van der Waals surface area contributed by atoms with Gasteiger partial charge in [-0.05, 0) is 36.2 Å². The molecule has 164 valence electrons. The quantitative estimate of drug-likeness (QED) is 0.710. The molecule has 2 amide bonds. The van der Waals surface area contributed by atoms with Gasteiger partial charge in [0, 0.05) is 39.8 Å². The van der Waals surface area contributed by atoms with Crippen LogP contribution in [0.5, 0.6) is 5.75 Å². The van der Waals surface area contributed by atoms with Crippen LogP contribution in [0.4, 0.5) is 15.8 Å². The largest absolute Gasteiger partial charge is 0.478 e. The topological polar surface area (TPSA) is 86.8 Å². The lowest BCUT2D eigenvalue weighted by molar-refractivity contribution is -0.123. The monoisotopic (exact) mass is 427 g/mol. The summed E-state index contributed by atoms with van der Waals surface area (Å²) in [5, 5.41) is 5.37. The van der Waals surface area contributed by atoms with E-state index in [1.54, 1.807) is 6.07 Å². The molecule has 0 radical (unpaired) electrons. The highest BCUT2D eigenvalue weighted by molar-refractivity contribution is 5.97. The summed E-state index contributed by atoms with van der Waals surface area (Å²) in [6.07, 6.45) is 0.189. The second kappa shape index (κ2) is 8.89. The van der Waals surface area contributed by atoms with Crippen LogP contribution in [0.15, 0.2) is 30.3 Å². The lowest BCUT2D eigenvalue weighted by atomic mass is 10.1. The number of carbonyl (C=O) groups excluding carboxylic acids is 2. The Balaban J connectivity index is 1.36. The summed E-state index contributed by atoms with van der Waals surface area (Å²) >= 11 is 0. The predicted molar refractivity (Wildman–Crippen MR) is 115 cm³/mol. The van der Waals surface area contributed by atoms with E-state index >= 15 is 0 Å². The van der Waals surface area contributed by atoms with Crippen LogP contribution in [0.3, 0.4) is 0 Å². The van der Waals surface area contributed by atoms with Crippen molar-refractivity contribution in [2.45, 2.75) is 26.0 Å². The first-order valence-electron chi connectivity index (χ1n) is 10.4. The number of hydrogen-bond acceptors (Lipinski definition) is 6. The summed E-state index contributed by atoms with van der Waals surface area (Å²) in [5.41, 5.74) is 2.26. The van der Waals surface area contributed by atoms with E-state index in [4.69, 9.17) is 4.74 Å². The summed E-state index contributed by atoms with van der Waals surface area (Å²) in [7, 11) is 1.49. The van der Waals surface area contributed by atoms with Crippen molar-refractivity contribution in [1.29, 1.82) is 0 Å². The number of ether oxygens (including phenoxy) is 1. The summed E-state index contributed by atoms with van der Waals surface area (Å²) < 4.78 is 20.2.